The molecule has 0 aliphatic heterocycles. The number of nitrogens with two attached hydrogens (primary N) is 1. The fraction of sp³-hybridized carbons (Fsp3) is 0.308. The third kappa shape index (κ3) is 2.11. The lowest BCUT2D eigenvalue weighted by atomic mass is 10.0. The Morgan fingerprint density at radius 3 is 2.33 bits per heavy atom. The minimum Gasteiger partial charge on any atom is -0.493 e. The van der Waals surface area contributed by atoms with Crippen LogP contribution in [0.25, 0.3) is 11.3 Å². The van der Waals surface area contributed by atoms with Crippen molar-refractivity contribution in [3.05, 3.63) is 23.8 Å². The molecule has 1 aromatic heterocycles. The van der Waals surface area contributed by atoms with Gasteiger partial charge >= 0.3 is 0 Å². The highest BCUT2D eigenvalue weighted by Crippen LogP contribution is 2.36. The molecule has 0 unspecified atom stereocenters. The van der Waals surface area contributed by atoms with Gasteiger partial charge in [0.1, 0.15) is 0 Å². The largest absolute Gasteiger partial charge is 0.493 e. The lowest BCUT2D eigenvalue weighted by Gasteiger charge is -2.12. The van der Waals surface area contributed by atoms with Gasteiger partial charge < -0.3 is 19.7 Å². The number of anilines is 1. The van der Waals surface area contributed by atoms with Gasteiger partial charge in [0.25, 0.3) is 0 Å². The van der Waals surface area contributed by atoms with E-state index in [4.69, 9.17) is 19.7 Å². The number of methoxy groups -OCH3 is 2. The minimum absolute atomic E-state index is 0.363. The molecular formula is C13H16N2O3. The average Bonchev–Trinajstić information content (AvgIpc) is 2.83. The van der Waals surface area contributed by atoms with E-state index in [-0.39, 0.29) is 0 Å². The van der Waals surface area contributed by atoms with E-state index in [0.29, 0.717) is 23.1 Å². The lowest BCUT2D eigenvalue weighted by molar-refractivity contribution is 0.354. The van der Waals surface area contributed by atoms with Crippen LogP contribution in [0.4, 0.5) is 5.82 Å². The molecule has 2 rings (SSSR count). The molecule has 0 atom stereocenters. The fourth-order valence-electron chi connectivity index (χ4n) is 1.86. The molecule has 2 aromatic rings. The number of ether oxygens (including phenoxy) is 2. The molecule has 0 radical (unpaired) electrons. The van der Waals surface area contributed by atoms with Gasteiger partial charge in [0.2, 0.25) is 0 Å². The number of hydrogen-bond acceptors (Lipinski definition) is 5. The summed E-state index contributed by atoms with van der Waals surface area (Å²) in [7, 11) is 3.21. The van der Waals surface area contributed by atoms with Gasteiger partial charge in [-0.25, -0.2) is 0 Å². The standard InChI is InChI=1S/C13H16N2O3/c1-4-8-5-11(16-2)12(17-3)6-9(8)10-7-13(14)15-18-10/h5-7H,4H2,1-3H3,(H2,14,15). The van der Waals surface area contributed by atoms with Gasteiger partial charge in [0, 0.05) is 11.6 Å². The Morgan fingerprint density at radius 2 is 1.83 bits per heavy atom. The highest BCUT2D eigenvalue weighted by Gasteiger charge is 2.14. The summed E-state index contributed by atoms with van der Waals surface area (Å²) in [5.74, 6) is 2.34. The zero-order valence-corrected chi connectivity index (χ0v) is 10.7. The minimum atomic E-state index is 0.363. The predicted molar refractivity (Wildman–Crippen MR) is 68.8 cm³/mol. The van der Waals surface area contributed by atoms with Crippen LogP contribution in [0.1, 0.15) is 12.5 Å². The first-order valence-corrected chi connectivity index (χ1v) is 5.67. The van der Waals surface area contributed by atoms with Crippen LogP contribution >= 0.6 is 0 Å². The molecular weight excluding hydrogens is 232 g/mol. The van der Waals surface area contributed by atoms with Crippen molar-refractivity contribution in [3.63, 3.8) is 0 Å². The van der Waals surface area contributed by atoms with E-state index in [9.17, 15) is 0 Å². The van der Waals surface area contributed by atoms with E-state index < -0.39 is 0 Å². The van der Waals surface area contributed by atoms with Crippen LogP contribution in [0.3, 0.4) is 0 Å². The van der Waals surface area contributed by atoms with Gasteiger partial charge in [-0.05, 0) is 24.1 Å². The number of nitrogens with zero attached hydrogens (tertiary/aromatic N) is 1. The molecule has 96 valence electrons. The van der Waals surface area contributed by atoms with Crippen molar-refractivity contribution in [2.45, 2.75) is 13.3 Å². The first-order valence-electron chi connectivity index (χ1n) is 5.67. The molecule has 0 fully saturated rings. The maximum absolute atomic E-state index is 5.57. The van der Waals surface area contributed by atoms with Crippen LogP contribution in [0.15, 0.2) is 22.7 Å². The van der Waals surface area contributed by atoms with Crippen molar-refractivity contribution in [3.8, 4) is 22.8 Å². The first-order chi connectivity index (χ1) is 8.69. The summed E-state index contributed by atoms with van der Waals surface area (Å²) in [6, 6.07) is 5.50. The molecule has 5 heteroatoms. The molecule has 0 amide bonds. The van der Waals surface area contributed by atoms with Crippen LogP contribution < -0.4 is 15.2 Å². The molecule has 0 spiro atoms. The molecule has 0 bridgehead atoms. The van der Waals surface area contributed by atoms with Gasteiger partial charge in [-0.15, -0.1) is 0 Å². The SMILES string of the molecule is CCc1cc(OC)c(OC)cc1-c1cc(N)no1. The van der Waals surface area contributed by atoms with Crippen molar-refractivity contribution >= 4 is 5.82 Å². The Hall–Kier alpha value is -2.17. The summed E-state index contributed by atoms with van der Waals surface area (Å²) in [6.07, 6.45) is 0.844. The number of benzene rings is 1. The maximum Gasteiger partial charge on any atom is 0.169 e. The lowest BCUT2D eigenvalue weighted by Crippen LogP contribution is -1.95. The molecule has 0 saturated heterocycles. The summed E-state index contributed by atoms with van der Waals surface area (Å²) in [6.45, 7) is 2.06. The van der Waals surface area contributed by atoms with Crippen LogP contribution in [0, 0.1) is 0 Å². The summed E-state index contributed by atoms with van der Waals surface area (Å²) in [4.78, 5) is 0. The van der Waals surface area contributed by atoms with E-state index in [2.05, 4.69) is 12.1 Å². The zero-order valence-electron chi connectivity index (χ0n) is 10.7. The average molecular weight is 248 g/mol. The number of nitrogen functional groups attached to an aromatic ring is 1. The Kier molecular flexibility index (Phi) is 3.41. The smallest absolute Gasteiger partial charge is 0.169 e. The van der Waals surface area contributed by atoms with E-state index in [1.54, 1.807) is 20.3 Å². The van der Waals surface area contributed by atoms with Gasteiger partial charge in [-0.2, -0.15) is 0 Å². The second-order valence-electron chi connectivity index (χ2n) is 3.83. The molecule has 0 saturated carbocycles. The Bertz CT molecular complexity index is 549. The van der Waals surface area contributed by atoms with Crippen molar-refractivity contribution in [2.24, 2.45) is 0 Å². The number of rotatable bonds is 4. The van der Waals surface area contributed by atoms with E-state index in [1.807, 2.05) is 12.1 Å². The third-order valence-electron chi connectivity index (χ3n) is 2.78. The second kappa shape index (κ2) is 5.00. The number of hydrogen-bond donors (Lipinski definition) is 1. The molecule has 2 N–H and O–H groups in total. The predicted octanol–water partition coefficient (Wildman–Crippen LogP) is 2.50. The highest BCUT2D eigenvalue weighted by molar-refractivity contribution is 5.68. The Balaban J connectivity index is 2.58. The van der Waals surface area contributed by atoms with Crippen LogP contribution in [0.2, 0.25) is 0 Å². The van der Waals surface area contributed by atoms with Gasteiger partial charge in [-0.3, -0.25) is 0 Å². The normalized spacial score (nSPS) is 10.4. The summed E-state index contributed by atoms with van der Waals surface area (Å²) in [5, 5.41) is 3.70. The van der Waals surface area contributed by atoms with Gasteiger partial charge in [0.05, 0.1) is 14.2 Å². The maximum atomic E-state index is 5.57. The first kappa shape index (κ1) is 12.3. The van der Waals surface area contributed by atoms with Gasteiger partial charge in [-0.1, -0.05) is 12.1 Å². The zero-order chi connectivity index (χ0) is 13.1. The number of aromatic nitrogens is 1. The third-order valence-corrected chi connectivity index (χ3v) is 2.78. The molecule has 0 aliphatic rings. The molecule has 1 aromatic carbocycles. The highest BCUT2D eigenvalue weighted by atomic mass is 16.5. The second-order valence-corrected chi connectivity index (χ2v) is 3.83. The Morgan fingerprint density at radius 1 is 1.17 bits per heavy atom. The van der Waals surface area contributed by atoms with Crippen LogP contribution in [0.5, 0.6) is 11.5 Å². The van der Waals surface area contributed by atoms with Crippen molar-refractivity contribution in [2.75, 3.05) is 20.0 Å². The Labute approximate surface area is 105 Å². The van der Waals surface area contributed by atoms with Crippen molar-refractivity contribution < 1.29 is 14.0 Å². The van der Waals surface area contributed by atoms with E-state index >= 15 is 0 Å². The quantitative estimate of drug-likeness (QED) is 0.900. The fourth-order valence-corrected chi connectivity index (χ4v) is 1.86. The summed E-state index contributed by atoms with van der Waals surface area (Å²) < 4.78 is 15.8. The van der Waals surface area contributed by atoms with Crippen molar-refractivity contribution in [1.29, 1.82) is 0 Å². The van der Waals surface area contributed by atoms with E-state index in [1.165, 1.54) is 0 Å². The molecule has 0 aliphatic carbocycles. The topological polar surface area (TPSA) is 70.5 Å². The van der Waals surface area contributed by atoms with Crippen LogP contribution in [-0.2, 0) is 6.42 Å². The summed E-state index contributed by atoms with van der Waals surface area (Å²) >= 11 is 0. The van der Waals surface area contributed by atoms with E-state index in [0.717, 1.165) is 17.5 Å². The molecule has 1 heterocycles. The van der Waals surface area contributed by atoms with Crippen LogP contribution in [-0.4, -0.2) is 19.4 Å². The molecule has 18 heavy (non-hydrogen) atoms. The molecule has 5 nitrogen and oxygen atoms in total. The van der Waals surface area contributed by atoms with Crippen molar-refractivity contribution in [1.82, 2.24) is 5.16 Å². The summed E-state index contributed by atoms with van der Waals surface area (Å²) in [5.41, 5.74) is 7.58. The van der Waals surface area contributed by atoms with Gasteiger partial charge in [0.15, 0.2) is 23.1 Å². The number of aryl methyl sites for hydroxylation is 1. The monoisotopic (exact) mass is 248 g/mol.